The fourth-order valence-corrected chi connectivity index (χ4v) is 4.17. The number of nitrogens with zero attached hydrogens (tertiary/aromatic N) is 3. The molecule has 0 atom stereocenters. The van der Waals surface area contributed by atoms with Crippen molar-refractivity contribution in [3.05, 3.63) is 57.5 Å². The lowest BCUT2D eigenvalue weighted by Gasteiger charge is -2.25. The molecule has 3 aromatic rings. The van der Waals surface area contributed by atoms with Crippen molar-refractivity contribution in [2.75, 3.05) is 6.61 Å². The maximum atomic E-state index is 12.3. The van der Waals surface area contributed by atoms with Crippen LogP contribution in [0, 0.1) is 5.92 Å². The van der Waals surface area contributed by atoms with Crippen molar-refractivity contribution in [3.63, 3.8) is 0 Å². The largest absolute Gasteiger partial charge is 0.492 e. The average Bonchev–Trinajstić information content (AvgIpc) is 3.35. The van der Waals surface area contributed by atoms with Gasteiger partial charge in [0, 0.05) is 55.2 Å². The maximum absolute atomic E-state index is 12.3. The molecule has 31 heavy (non-hydrogen) atoms. The van der Waals surface area contributed by atoms with Gasteiger partial charge in [0.2, 0.25) is 0 Å². The Morgan fingerprint density at radius 1 is 1.13 bits per heavy atom. The molecule has 2 aliphatic heterocycles. The van der Waals surface area contributed by atoms with Crippen molar-refractivity contribution in [2.45, 2.75) is 40.2 Å². The molecule has 0 fully saturated rings. The zero-order chi connectivity index (χ0) is 22.3. The Balaban J connectivity index is 0.000000535. The molecule has 0 amide bonds. The van der Waals surface area contributed by atoms with Crippen LogP contribution in [0.25, 0.3) is 22.5 Å². The predicted octanol–water partition coefficient (Wildman–Crippen LogP) is 3.77. The Bertz CT molecular complexity index is 1220. The summed E-state index contributed by atoms with van der Waals surface area (Å²) in [4.78, 5) is 23.6. The molecule has 0 saturated carbocycles. The molecule has 2 aliphatic rings. The highest BCUT2D eigenvalue weighted by Crippen LogP contribution is 2.44. The third-order valence-corrected chi connectivity index (χ3v) is 5.43. The second-order valence-electron chi connectivity index (χ2n) is 8.61. The number of carboxylic acid groups (broad SMARTS) is 1. The Kier molecular flexibility index (Phi) is 5.43. The number of hydrogen-bond acceptors (Lipinski definition) is 4. The number of carboxylic acids is 1. The minimum Gasteiger partial charge on any atom is -0.492 e. The molecule has 162 valence electrons. The summed E-state index contributed by atoms with van der Waals surface area (Å²) in [7, 11) is 1.88. The number of benzene rings is 1. The van der Waals surface area contributed by atoms with E-state index in [-0.39, 0.29) is 5.56 Å². The van der Waals surface area contributed by atoms with Gasteiger partial charge in [-0.25, -0.2) is 4.79 Å². The molecule has 0 saturated heterocycles. The first-order valence-electron chi connectivity index (χ1n) is 10.6. The van der Waals surface area contributed by atoms with Crippen LogP contribution in [0.15, 0.2) is 35.4 Å². The number of aromatic nitrogens is 3. The minimum absolute atomic E-state index is 0.196. The lowest BCUT2D eigenvalue weighted by atomic mass is 9.88. The summed E-state index contributed by atoms with van der Waals surface area (Å²) in [5.74, 6) is 0.536. The van der Waals surface area contributed by atoms with Gasteiger partial charge >= 0.3 is 5.97 Å². The van der Waals surface area contributed by atoms with E-state index in [0.29, 0.717) is 13.2 Å². The molecule has 0 radical (unpaired) electrons. The number of aromatic carboxylic acids is 1. The molecule has 7 heteroatoms. The van der Waals surface area contributed by atoms with E-state index < -0.39 is 11.4 Å². The van der Waals surface area contributed by atoms with Crippen molar-refractivity contribution in [3.8, 4) is 28.3 Å². The van der Waals surface area contributed by atoms with E-state index >= 15 is 0 Å². The van der Waals surface area contributed by atoms with Crippen molar-refractivity contribution in [2.24, 2.45) is 13.0 Å². The van der Waals surface area contributed by atoms with Gasteiger partial charge in [-0.05, 0) is 30.0 Å². The number of ether oxygens (including phenoxy) is 1. The second kappa shape index (κ2) is 8.06. The Hall–Kier alpha value is -3.35. The van der Waals surface area contributed by atoms with Crippen LogP contribution in [-0.4, -0.2) is 32.0 Å². The maximum Gasteiger partial charge on any atom is 0.341 e. The van der Waals surface area contributed by atoms with E-state index in [1.54, 1.807) is 10.9 Å². The van der Waals surface area contributed by atoms with Crippen LogP contribution in [-0.2, 0) is 26.4 Å². The van der Waals surface area contributed by atoms with Crippen molar-refractivity contribution >= 4 is 5.97 Å². The molecular formula is C24H27N3O4. The molecule has 0 aliphatic carbocycles. The smallest absolute Gasteiger partial charge is 0.341 e. The van der Waals surface area contributed by atoms with E-state index in [9.17, 15) is 14.7 Å². The van der Waals surface area contributed by atoms with Crippen LogP contribution in [0.4, 0.5) is 0 Å². The molecule has 7 nitrogen and oxygen atoms in total. The topological polar surface area (TPSA) is 86.3 Å². The normalized spacial score (nSPS) is 13.6. The van der Waals surface area contributed by atoms with Crippen LogP contribution in [0.2, 0.25) is 0 Å². The summed E-state index contributed by atoms with van der Waals surface area (Å²) in [5.41, 5.74) is 5.32. The highest BCUT2D eigenvalue weighted by molar-refractivity contribution is 5.88. The fourth-order valence-electron chi connectivity index (χ4n) is 4.17. The first-order chi connectivity index (χ1) is 14.8. The first kappa shape index (κ1) is 20.9. The van der Waals surface area contributed by atoms with Gasteiger partial charge in [0.1, 0.15) is 11.3 Å². The molecule has 0 bridgehead atoms. The first-order valence-corrected chi connectivity index (χ1v) is 10.6. The second-order valence-corrected chi connectivity index (χ2v) is 8.61. The number of aryl methyl sites for hydroxylation is 2. The van der Waals surface area contributed by atoms with Crippen LogP contribution < -0.4 is 10.2 Å². The number of hydrogen-bond donors (Lipinski definition) is 1. The van der Waals surface area contributed by atoms with Gasteiger partial charge in [-0.3, -0.25) is 9.48 Å². The lowest BCUT2D eigenvalue weighted by Crippen LogP contribution is -2.22. The molecule has 4 heterocycles. The van der Waals surface area contributed by atoms with E-state index in [2.05, 4.69) is 25.9 Å². The molecule has 5 rings (SSSR count). The number of rotatable bonds is 2. The Morgan fingerprint density at radius 2 is 1.87 bits per heavy atom. The summed E-state index contributed by atoms with van der Waals surface area (Å²) >= 11 is 0. The third-order valence-electron chi connectivity index (χ3n) is 5.43. The van der Waals surface area contributed by atoms with Crippen molar-refractivity contribution in [1.29, 1.82) is 0 Å². The minimum atomic E-state index is -1.20. The van der Waals surface area contributed by atoms with E-state index in [1.807, 2.05) is 23.7 Å². The number of fused-ring (bicyclic) bond motifs is 5. The standard InChI is InChI=1S/C20H17N3O4.C4H10/c1-22-16(2-5-21-22)14-8-13-11(12-4-7-27-19(12)14)3-6-23-10-15(20(25)26)18(24)9-17(13)23;1-4(2)3/h2,5,8-10H,3-4,6-7H2,1H3,(H,25,26);4H,1-3H3. The Morgan fingerprint density at radius 3 is 2.52 bits per heavy atom. The molecule has 1 aromatic carbocycles. The highest BCUT2D eigenvalue weighted by atomic mass is 16.5. The van der Waals surface area contributed by atoms with Crippen molar-refractivity contribution < 1.29 is 14.6 Å². The van der Waals surface area contributed by atoms with Gasteiger partial charge < -0.3 is 14.4 Å². The zero-order valence-corrected chi connectivity index (χ0v) is 18.3. The van der Waals surface area contributed by atoms with Crippen LogP contribution >= 0.6 is 0 Å². The third kappa shape index (κ3) is 3.76. The van der Waals surface area contributed by atoms with E-state index in [1.165, 1.54) is 23.4 Å². The van der Waals surface area contributed by atoms with E-state index in [4.69, 9.17) is 4.74 Å². The summed E-state index contributed by atoms with van der Waals surface area (Å²) in [6.45, 7) is 7.78. The zero-order valence-electron chi connectivity index (χ0n) is 18.3. The monoisotopic (exact) mass is 421 g/mol. The average molecular weight is 421 g/mol. The van der Waals surface area contributed by atoms with Gasteiger partial charge in [-0.1, -0.05) is 20.8 Å². The van der Waals surface area contributed by atoms with Crippen LogP contribution in [0.3, 0.4) is 0 Å². The van der Waals surface area contributed by atoms with Gasteiger partial charge in [0.05, 0.1) is 18.0 Å². The van der Waals surface area contributed by atoms with Gasteiger partial charge in [0.25, 0.3) is 0 Å². The molecule has 2 aromatic heterocycles. The highest BCUT2D eigenvalue weighted by Gasteiger charge is 2.29. The quantitative estimate of drug-likeness (QED) is 0.681. The van der Waals surface area contributed by atoms with Gasteiger partial charge in [0.15, 0.2) is 5.43 Å². The van der Waals surface area contributed by atoms with Gasteiger partial charge in [-0.15, -0.1) is 0 Å². The summed E-state index contributed by atoms with van der Waals surface area (Å²) in [6, 6.07) is 5.42. The van der Waals surface area contributed by atoms with E-state index in [0.717, 1.165) is 47.0 Å². The molecular weight excluding hydrogens is 394 g/mol. The summed E-state index contributed by atoms with van der Waals surface area (Å²) in [5, 5.41) is 13.5. The van der Waals surface area contributed by atoms with Gasteiger partial charge in [-0.2, -0.15) is 5.10 Å². The number of carbonyl (C=O) groups is 1. The Labute approximate surface area is 180 Å². The van der Waals surface area contributed by atoms with Crippen LogP contribution in [0.1, 0.15) is 42.3 Å². The van der Waals surface area contributed by atoms with Crippen LogP contribution in [0.5, 0.6) is 5.75 Å². The molecule has 1 N–H and O–H groups in total. The van der Waals surface area contributed by atoms with Crippen molar-refractivity contribution in [1.82, 2.24) is 14.3 Å². The summed E-state index contributed by atoms with van der Waals surface area (Å²) < 4.78 is 9.61. The molecule has 0 unspecified atom stereocenters. The SMILES string of the molecule is CC(C)C.Cn1nccc1-c1cc2c(c3c1OCC3)CCn1cc(C(=O)O)c(=O)cc1-2. The predicted molar refractivity (Wildman–Crippen MR) is 119 cm³/mol. The number of pyridine rings is 1. The fraction of sp³-hybridized carbons (Fsp3) is 0.375. The molecule has 0 spiro atoms. The lowest BCUT2D eigenvalue weighted by molar-refractivity contribution is 0.0694. The summed E-state index contributed by atoms with van der Waals surface area (Å²) in [6.07, 6.45) is 4.81.